The quantitative estimate of drug-likeness (QED) is 0.831. The van der Waals surface area contributed by atoms with Gasteiger partial charge in [-0.2, -0.15) is 0 Å². The number of hydrogen-bond acceptors (Lipinski definition) is 3. The Balaban J connectivity index is 1.74. The molecule has 0 aromatic heterocycles. The van der Waals surface area contributed by atoms with E-state index >= 15 is 0 Å². The molecule has 1 saturated heterocycles. The third kappa shape index (κ3) is 3.93. The molecule has 110 valence electrons. The summed E-state index contributed by atoms with van der Waals surface area (Å²) in [4.78, 5) is 12.0. The number of ether oxygens (including phenoxy) is 1. The molecule has 1 fully saturated rings. The van der Waals surface area contributed by atoms with Crippen LogP contribution in [0.25, 0.3) is 0 Å². The Morgan fingerprint density at radius 3 is 2.85 bits per heavy atom. The first kappa shape index (κ1) is 14.8. The van der Waals surface area contributed by atoms with E-state index in [0.29, 0.717) is 18.3 Å². The standard InChI is InChI=1S/C15H21FN2O2/c1-10(9-20-14-5-3-4-13(16)6-14)18-15(19)11(2)12-7-17-8-12/h3-6,10-12,17H,7-9H2,1-2H3,(H,18,19). The molecule has 1 heterocycles. The molecule has 1 aliphatic heterocycles. The molecule has 2 rings (SSSR count). The van der Waals surface area contributed by atoms with Crippen LogP contribution in [-0.4, -0.2) is 31.6 Å². The van der Waals surface area contributed by atoms with Crippen molar-refractivity contribution in [3.05, 3.63) is 30.1 Å². The molecule has 2 atom stereocenters. The van der Waals surface area contributed by atoms with E-state index in [-0.39, 0.29) is 23.7 Å². The zero-order chi connectivity index (χ0) is 14.5. The van der Waals surface area contributed by atoms with E-state index in [9.17, 15) is 9.18 Å². The van der Waals surface area contributed by atoms with Crippen LogP contribution in [0.3, 0.4) is 0 Å². The van der Waals surface area contributed by atoms with Gasteiger partial charge in [-0.15, -0.1) is 0 Å². The molecule has 0 bridgehead atoms. The minimum Gasteiger partial charge on any atom is -0.491 e. The molecule has 2 unspecified atom stereocenters. The normalized spacial score (nSPS) is 17.9. The third-order valence-electron chi connectivity index (χ3n) is 3.62. The molecule has 0 spiro atoms. The van der Waals surface area contributed by atoms with E-state index in [2.05, 4.69) is 10.6 Å². The van der Waals surface area contributed by atoms with Crippen LogP contribution in [-0.2, 0) is 4.79 Å². The molecule has 1 aromatic carbocycles. The van der Waals surface area contributed by atoms with Crippen molar-refractivity contribution in [2.24, 2.45) is 11.8 Å². The zero-order valence-electron chi connectivity index (χ0n) is 11.9. The van der Waals surface area contributed by atoms with Crippen molar-refractivity contribution in [2.45, 2.75) is 19.9 Å². The van der Waals surface area contributed by atoms with Gasteiger partial charge in [-0.05, 0) is 38.1 Å². The molecule has 1 aromatic rings. The number of carbonyl (C=O) groups is 1. The number of nitrogens with one attached hydrogen (secondary N) is 2. The molecule has 5 heteroatoms. The van der Waals surface area contributed by atoms with E-state index in [0.717, 1.165) is 13.1 Å². The Labute approximate surface area is 118 Å². The highest BCUT2D eigenvalue weighted by atomic mass is 19.1. The van der Waals surface area contributed by atoms with E-state index < -0.39 is 0 Å². The Hall–Kier alpha value is -1.62. The highest BCUT2D eigenvalue weighted by Gasteiger charge is 2.29. The second-order valence-corrected chi connectivity index (χ2v) is 5.39. The van der Waals surface area contributed by atoms with Gasteiger partial charge in [0.05, 0.1) is 6.04 Å². The summed E-state index contributed by atoms with van der Waals surface area (Å²) in [5.74, 6) is 0.624. The van der Waals surface area contributed by atoms with Crippen LogP contribution < -0.4 is 15.4 Å². The molecule has 4 nitrogen and oxygen atoms in total. The fourth-order valence-corrected chi connectivity index (χ4v) is 2.07. The molecule has 0 saturated carbocycles. The van der Waals surface area contributed by atoms with Crippen LogP contribution >= 0.6 is 0 Å². The monoisotopic (exact) mass is 280 g/mol. The van der Waals surface area contributed by atoms with Crippen LogP contribution in [0, 0.1) is 17.7 Å². The third-order valence-corrected chi connectivity index (χ3v) is 3.62. The summed E-state index contributed by atoms with van der Waals surface area (Å²) in [6.45, 7) is 5.96. The number of halogens is 1. The van der Waals surface area contributed by atoms with Gasteiger partial charge in [0, 0.05) is 12.0 Å². The predicted octanol–water partition coefficient (Wildman–Crippen LogP) is 1.56. The molecule has 1 aliphatic rings. The Bertz CT molecular complexity index is 463. The van der Waals surface area contributed by atoms with Crippen molar-refractivity contribution >= 4 is 5.91 Å². The van der Waals surface area contributed by atoms with Crippen LogP contribution in [0.2, 0.25) is 0 Å². The highest BCUT2D eigenvalue weighted by molar-refractivity contribution is 5.79. The van der Waals surface area contributed by atoms with Gasteiger partial charge in [-0.3, -0.25) is 4.79 Å². The van der Waals surface area contributed by atoms with E-state index in [1.165, 1.54) is 12.1 Å². The topological polar surface area (TPSA) is 50.4 Å². The van der Waals surface area contributed by atoms with Crippen LogP contribution in [0.4, 0.5) is 4.39 Å². The van der Waals surface area contributed by atoms with E-state index in [4.69, 9.17) is 4.74 Å². The lowest BCUT2D eigenvalue weighted by Gasteiger charge is -2.32. The Morgan fingerprint density at radius 1 is 1.50 bits per heavy atom. The molecule has 20 heavy (non-hydrogen) atoms. The van der Waals surface area contributed by atoms with Crippen LogP contribution in [0.1, 0.15) is 13.8 Å². The van der Waals surface area contributed by atoms with Crippen molar-refractivity contribution < 1.29 is 13.9 Å². The minimum absolute atomic E-state index is 0.00729. The van der Waals surface area contributed by atoms with Crippen LogP contribution in [0.5, 0.6) is 5.75 Å². The molecular formula is C15H21FN2O2. The molecule has 0 radical (unpaired) electrons. The van der Waals surface area contributed by atoms with Crippen molar-refractivity contribution in [3.63, 3.8) is 0 Å². The van der Waals surface area contributed by atoms with E-state index in [1.54, 1.807) is 12.1 Å². The zero-order valence-corrected chi connectivity index (χ0v) is 11.9. The van der Waals surface area contributed by atoms with Gasteiger partial charge < -0.3 is 15.4 Å². The minimum atomic E-state index is -0.328. The Kier molecular flexibility index (Phi) is 4.95. The van der Waals surface area contributed by atoms with Crippen molar-refractivity contribution in [2.75, 3.05) is 19.7 Å². The SMILES string of the molecule is CC(COc1cccc(F)c1)NC(=O)C(C)C1CNC1. The van der Waals surface area contributed by atoms with Gasteiger partial charge in [0.2, 0.25) is 5.91 Å². The van der Waals surface area contributed by atoms with Gasteiger partial charge in [0.25, 0.3) is 0 Å². The summed E-state index contributed by atoms with van der Waals surface area (Å²) in [7, 11) is 0. The Morgan fingerprint density at radius 2 is 2.25 bits per heavy atom. The maximum Gasteiger partial charge on any atom is 0.223 e. The maximum absolute atomic E-state index is 13.0. The fraction of sp³-hybridized carbons (Fsp3) is 0.533. The van der Waals surface area contributed by atoms with Gasteiger partial charge in [-0.1, -0.05) is 13.0 Å². The predicted molar refractivity (Wildman–Crippen MR) is 75.0 cm³/mol. The number of carbonyl (C=O) groups excluding carboxylic acids is 1. The van der Waals surface area contributed by atoms with Crippen molar-refractivity contribution in [3.8, 4) is 5.75 Å². The summed E-state index contributed by atoms with van der Waals surface area (Å²) in [5, 5.41) is 6.09. The number of hydrogen-bond donors (Lipinski definition) is 2. The van der Waals surface area contributed by atoms with Crippen molar-refractivity contribution in [1.82, 2.24) is 10.6 Å². The van der Waals surface area contributed by atoms with Gasteiger partial charge in [0.15, 0.2) is 0 Å². The number of amides is 1. The number of rotatable bonds is 6. The average Bonchev–Trinajstić information content (AvgIpc) is 2.34. The lowest BCUT2D eigenvalue weighted by Crippen LogP contribution is -2.51. The van der Waals surface area contributed by atoms with Gasteiger partial charge >= 0.3 is 0 Å². The largest absolute Gasteiger partial charge is 0.491 e. The summed E-state index contributed by atoms with van der Waals surface area (Å²) in [6, 6.07) is 5.88. The lowest BCUT2D eigenvalue weighted by molar-refractivity contribution is -0.127. The maximum atomic E-state index is 13.0. The summed E-state index contributed by atoms with van der Waals surface area (Å²) >= 11 is 0. The summed E-state index contributed by atoms with van der Waals surface area (Å²) < 4.78 is 18.4. The summed E-state index contributed by atoms with van der Waals surface area (Å²) in [6.07, 6.45) is 0. The first-order valence-corrected chi connectivity index (χ1v) is 6.95. The lowest BCUT2D eigenvalue weighted by atomic mass is 9.88. The summed E-state index contributed by atoms with van der Waals surface area (Å²) in [5.41, 5.74) is 0. The van der Waals surface area contributed by atoms with Crippen molar-refractivity contribution in [1.29, 1.82) is 0 Å². The molecule has 0 aliphatic carbocycles. The first-order valence-electron chi connectivity index (χ1n) is 6.95. The fourth-order valence-electron chi connectivity index (χ4n) is 2.07. The van der Waals surface area contributed by atoms with Crippen LogP contribution in [0.15, 0.2) is 24.3 Å². The average molecular weight is 280 g/mol. The molecule has 2 N–H and O–H groups in total. The molecule has 1 amide bonds. The van der Waals surface area contributed by atoms with Gasteiger partial charge in [-0.25, -0.2) is 4.39 Å². The van der Waals surface area contributed by atoms with Gasteiger partial charge in [0.1, 0.15) is 18.2 Å². The highest BCUT2D eigenvalue weighted by Crippen LogP contribution is 2.16. The second-order valence-electron chi connectivity index (χ2n) is 5.39. The smallest absolute Gasteiger partial charge is 0.223 e. The molecular weight excluding hydrogens is 259 g/mol. The van der Waals surface area contributed by atoms with E-state index in [1.807, 2.05) is 13.8 Å². The number of benzene rings is 1. The second kappa shape index (κ2) is 6.70. The first-order chi connectivity index (χ1) is 9.56.